The molecule has 0 amide bonds. The number of fused-ring (bicyclic) bond motifs is 2. The van der Waals surface area contributed by atoms with E-state index >= 15 is 0 Å². The van der Waals surface area contributed by atoms with Gasteiger partial charge >= 0.3 is 0 Å². The highest BCUT2D eigenvalue weighted by Crippen LogP contribution is 2.51. The Labute approximate surface area is 279 Å². The molecule has 0 aliphatic heterocycles. The summed E-state index contributed by atoms with van der Waals surface area (Å²) < 4.78 is 4.45. The van der Waals surface area contributed by atoms with Crippen molar-refractivity contribution in [2.75, 3.05) is 11.9 Å². The Balaban J connectivity index is 1.64. The molecule has 0 heterocycles. The maximum Gasteiger partial charge on any atom is 0.0582 e. The molecule has 0 spiro atoms. The van der Waals surface area contributed by atoms with Crippen molar-refractivity contribution in [3.05, 3.63) is 89.2 Å². The highest BCUT2D eigenvalue weighted by Gasteiger charge is 2.25. The molecule has 1 N–H and O–H groups in total. The smallest absolute Gasteiger partial charge is 0.0582 e. The number of unbranched alkanes of at least 4 members (excludes halogenated alkanes) is 5. The van der Waals surface area contributed by atoms with Gasteiger partial charge in [-0.05, 0) is 120 Å². The molecule has 0 bridgehead atoms. The van der Waals surface area contributed by atoms with Gasteiger partial charge < -0.3 is 5.32 Å². The minimum absolute atomic E-state index is 0.570. The second-order valence-electron chi connectivity index (χ2n) is 11.3. The van der Waals surface area contributed by atoms with Crippen LogP contribution in [-0.2, 0) is 6.42 Å². The van der Waals surface area contributed by atoms with Gasteiger partial charge in [0, 0.05) is 35.6 Å². The molecule has 41 heavy (non-hydrogen) atoms. The normalized spacial score (nSPS) is 14.5. The van der Waals surface area contributed by atoms with Crippen molar-refractivity contribution in [2.24, 2.45) is 5.92 Å². The number of halogens is 4. The second-order valence-corrected chi connectivity index (χ2v) is 14.6. The van der Waals surface area contributed by atoms with E-state index in [9.17, 15) is 0 Å². The molecule has 0 saturated carbocycles. The SMILES string of the molecule is CCCCCCCCNc1c(Br)c(-c2cc3c(cc2Br)CC(C)C=C3)c(C)c(Br)c1-c1cc2ccccc2cc1Br. The molecule has 0 radical (unpaired) electrons. The third-order valence-electron chi connectivity index (χ3n) is 8.19. The molecule has 5 rings (SSSR count). The van der Waals surface area contributed by atoms with Crippen LogP contribution in [0.3, 0.4) is 0 Å². The first-order chi connectivity index (χ1) is 19.8. The first-order valence-corrected chi connectivity index (χ1v) is 17.9. The highest BCUT2D eigenvalue weighted by molar-refractivity contribution is 9.11. The third kappa shape index (κ3) is 6.74. The number of benzene rings is 4. The molecule has 1 aliphatic rings. The van der Waals surface area contributed by atoms with Crippen molar-refractivity contribution in [3.63, 3.8) is 0 Å². The maximum atomic E-state index is 4.13. The molecule has 0 saturated heterocycles. The molecule has 1 unspecified atom stereocenters. The topological polar surface area (TPSA) is 12.0 Å². The fourth-order valence-corrected chi connectivity index (χ4v) is 8.51. The van der Waals surface area contributed by atoms with Crippen molar-refractivity contribution in [1.82, 2.24) is 0 Å². The third-order valence-corrected chi connectivity index (χ3v) is 11.3. The van der Waals surface area contributed by atoms with E-state index in [1.165, 1.54) is 81.8 Å². The monoisotopic (exact) mass is 799 g/mol. The van der Waals surface area contributed by atoms with Gasteiger partial charge in [0.05, 0.1) is 5.69 Å². The fraction of sp³-hybridized carbons (Fsp3) is 0.333. The molecule has 0 aromatic heterocycles. The van der Waals surface area contributed by atoms with Crippen LogP contribution < -0.4 is 5.32 Å². The van der Waals surface area contributed by atoms with Crippen LogP contribution in [0.2, 0.25) is 0 Å². The van der Waals surface area contributed by atoms with Crippen molar-refractivity contribution in [1.29, 1.82) is 0 Å². The van der Waals surface area contributed by atoms with Gasteiger partial charge in [-0.1, -0.05) is 114 Å². The highest BCUT2D eigenvalue weighted by atomic mass is 79.9. The van der Waals surface area contributed by atoms with Crippen molar-refractivity contribution in [2.45, 2.75) is 65.7 Å². The van der Waals surface area contributed by atoms with E-state index in [1.54, 1.807) is 0 Å². The van der Waals surface area contributed by atoms with Gasteiger partial charge in [-0.3, -0.25) is 0 Å². The predicted octanol–water partition coefficient (Wildman–Crippen LogP) is 13.5. The molecule has 4 aromatic carbocycles. The van der Waals surface area contributed by atoms with Crippen LogP contribution in [0.25, 0.3) is 39.1 Å². The van der Waals surface area contributed by atoms with Crippen LogP contribution in [-0.4, -0.2) is 6.54 Å². The van der Waals surface area contributed by atoms with Gasteiger partial charge in [0.25, 0.3) is 0 Å². The predicted molar refractivity (Wildman–Crippen MR) is 194 cm³/mol. The Kier molecular flexibility index (Phi) is 10.5. The van der Waals surface area contributed by atoms with Crippen LogP contribution in [0.15, 0.2) is 72.5 Å². The molecule has 1 atom stereocenters. The molecule has 4 aromatic rings. The molecule has 214 valence electrons. The van der Waals surface area contributed by atoms with E-state index in [1.807, 2.05) is 0 Å². The lowest BCUT2D eigenvalue weighted by Gasteiger charge is -2.25. The summed E-state index contributed by atoms with van der Waals surface area (Å²) >= 11 is 16.1. The van der Waals surface area contributed by atoms with Crippen LogP contribution in [0.5, 0.6) is 0 Å². The van der Waals surface area contributed by atoms with Crippen molar-refractivity contribution >= 4 is 86.3 Å². The van der Waals surface area contributed by atoms with E-state index in [4.69, 9.17) is 0 Å². The summed E-state index contributed by atoms with van der Waals surface area (Å²) in [7, 11) is 0. The number of allylic oxidation sites excluding steroid dienone is 1. The fourth-order valence-electron chi connectivity index (χ4n) is 5.91. The Morgan fingerprint density at radius 1 is 0.780 bits per heavy atom. The standard InChI is InChI=1S/C36H37Br4N/c1-4-5-6-7-8-11-16-41-36-33(29-18-24-12-9-10-13-25(24)20-30(29)37)34(39)23(3)32(35(36)40)28-19-26-15-14-22(2)17-27(26)21-31(28)38/h9-10,12-15,18-22,41H,4-8,11,16-17H2,1-3H3. The summed E-state index contributed by atoms with van der Waals surface area (Å²) in [6, 6.07) is 17.8. The summed E-state index contributed by atoms with van der Waals surface area (Å²) in [5, 5.41) is 6.35. The Morgan fingerprint density at radius 3 is 2.20 bits per heavy atom. The van der Waals surface area contributed by atoms with E-state index < -0.39 is 0 Å². The minimum atomic E-state index is 0.570. The quantitative estimate of drug-likeness (QED) is 0.158. The van der Waals surface area contributed by atoms with Gasteiger partial charge in [-0.15, -0.1) is 0 Å². The molecule has 5 heteroatoms. The van der Waals surface area contributed by atoms with Crippen LogP contribution in [0.1, 0.15) is 69.1 Å². The van der Waals surface area contributed by atoms with E-state index in [0.717, 1.165) is 43.0 Å². The van der Waals surface area contributed by atoms with Gasteiger partial charge in [0.2, 0.25) is 0 Å². The Morgan fingerprint density at radius 2 is 1.44 bits per heavy atom. The van der Waals surface area contributed by atoms with Gasteiger partial charge in [0.15, 0.2) is 0 Å². The molecular weight excluding hydrogens is 766 g/mol. The molecule has 1 nitrogen and oxygen atoms in total. The lowest BCUT2D eigenvalue weighted by molar-refractivity contribution is 0.617. The summed E-state index contributed by atoms with van der Waals surface area (Å²) in [4.78, 5) is 0. The lowest BCUT2D eigenvalue weighted by Crippen LogP contribution is -2.07. The van der Waals surface area contributed by atoms with E-state index in [0.29, 0.717) is 5.92 Å². The number of rotatable bonds is 10. The van der Waals surface area contributed by atoms with Crippen LogP contribution >= 0.6 is 63.7 Å². The largest absolute Gasteiger partial charge is 0.384 e. The van der Waals surface area contributed by atoms with E-state index in [2.05, 4.69) is 150 Å². The Hall–Kier alpha value is -1.40. The van der Waals surface area contributed by atoms with Gasteiger partial charge in [0.1, 0.15) is 0 Å². The second kappa shape index (κ2) is 13.9. The zero-order valence-corrected chi connectivity index (χ0v) is 30.4. The average Bonchev–Trinajstić information content (AvgIpc) is 2.95. The van der Waals surface area contributed by atoms with Gasteiger partial charge in [-0.2, -0.15) is 0 Å². The zero-order valence-electron chi connectivity index (χ0n) is 24.0. The summed E-state index contributed by atoms with van der Waals surface area (Å²) in [6.07, 6.45) is 13.3. The van der Waals surface area contributed by atoms with E-state index in [-0.39, 0.29) is 0 Å². The van der Waals surface area contributed by atoms with Crippen LogP contribution in [0.4, 0.5) is 5.69 Å². The minimum Gasteiger partial charge on any atom is -0.384 e. The van der Waals surface area contributed by atoms with Crippen LogP contribution in [0, 0.1) is 12.8 Å². The Bertz CT molecular complexity index is 1600. The molecular formula is C36H37Br4N. The number of hydrogen-bond acceptors (Lipinski definition) is 1. The van der Waals surface area contributed by atoms with Crippen molar-refractivity contribution in [3.8, 4) is 22.3 Å². The first kappa shape index (κ1) is 31.0. The maximum absolute atomic E-state index is 4.13. The summed E-state index contributed by atoms with van der Waals surface area (Å²) in [6.45, 7) is 7.72. The first-order valence-electron chi connectivity index (χ1n) is 14.7. The number of nitrogens with one attached hydrogen (secondary N) is 1. The molecule has 1 aliphatic carbocycles. The zero-order chi connectivity index (χ0) is 29.1. The summed E-state index contributed by atoms with van der Waals surface area (Å²) in [5.41, 5.74) is 9.85. The number of hydrogen-bond donors (Lipinski definition) is 1. The summed E-state index contributed by atoms with van der Waals surface area (Å²) in [5.74, 6) is 0.570. The van der Waals surface area contributed by atoms with Gasteiger partial charge in [-0.25, -0.2) is 0 Å². The average molecular weight is 803 g/mol. The van der Waals surface area contributed by atoms with Crippen molar-refractivity contribution < 1.29 is 0 Å². The molecule has 0 fully saturated rings. The number of anilines is 1. The lowest BCUT2D eigenvalue weighted by atomic mass is 9.87.